The van der Waals surface area contributed by atoms with Gasteiger partial charge in [0.05, 0.1) is 22.3 Å². The topological polar surface area (TPSA) is 36.7 Å². The van der Waals surface area contributed by atoms with Crippen LogP contribution in [0.4, 0.5) is 0 Å². The van der Waals surface area contributed by atoms with Crippen LogP contribution >= 0.6 is 11.3 Å². The molecule has 1 aromatic carbocycles. The second-order valence-electron chi connectivity index (χ2n) is 3.33. The van der Waals surface area contributed by atoms with Crippen molar-refractivity contribution < 1.29 is 0 Å². The van der Waals surface area contributed by atoms with Gasteiger partial charge in [-0.05, 0) is 26.0 Å². The van der Waals surface area contributed by atoms with Crippen LogP contribution in [-0.4, -0.2) is 4.98 Å². The number of aromatic nitrogens is 1. The first kappa shape index (κ1) is 9.88. The second kappa shape index (κ2) is 3.84. The number of hydrogen-bond acceptors (Lipinski definition) is 3. The van der Waals surface area contributed by atoms with Crippen LogP contribution in [0.25, 0.3) is 11.3 Å². The van der Waals surface area contributed by atoms with Crippen molar-refractivity contribution in [3.05, 3.63) is 39.7 Å². The molecule has 3 heteroatoms. The van der Waals surface area contributed by atoms with Crippen LogP contribution in [0, 0.1) is 25.2 Å². The van der Waals surface area contributed by atoms with Crippen LogP contribution < -0.4 is 0 Å². The van der Waals surface area contributed by atoms with Gasteiger partial charge in [0.2, 0.25) is 0 Å². The van der Waals surface area contributed by atoms with Crippen molar-refractivity contribution in [1.82, 2.24) is 4.98 Å². The lowest BCUT2D eigenvalue weighted by atomic mass is 10.1. The van der Waals surface area contributed by atoms with Crippen molar-refractivity contribution in [2.24, 2.45) is 0 Å². The minimum atomic E-state index is 0.684. The fourth-order valence-electron chi connectivity index (χ4n) is 1.50. The first-order valence-electron chi connectivity index (χ1n) is 4.65. The van der Waals surface area contributed by atoms with Gasteiger partial charge < -0.3 is 0 Å². The number of hydrogen-bond donors (Lipinski definition) is 0. The number of nitrogens with zero attached hydrogens (tertiary/aromatic N) is 2. The van der Waals surface area contributed by atoms with Crippen LogP contribution in [0.5, 0.6) is 0 Å². The van der Waals surface area contributed by atoms with Crippen LogP contribution in [0.3, 0.4) is 0 Å². The van der Waals surface area contributed by atoms with Crippen LogP contribution in [-0.2, 0) is 0 Å². The second-order valence-corrected chi connectivity index (χ2v) is 4.73. The van der Waals surface area contributed by atoms with Gasteiger partial charge in [0.15, 0.2) is 0 Å². The summed E-state index contributed by atoms with van der Waals surface area (Å²) in [5.74, 6) is 0. The summed E-state index contributed by atoms with van der Waals surface area (Å²) < 4.78 is 0. The summed E-state index contributed by atoms with van der Waals surface area (Å²) in [4.78, 5) is 5.69. The van der Waals surface area contributed by atoms with E-state index in [1.165, 1.54) is 4.88 Å². The van der Waals surface area contributed by atoms with Crippen LogP contribution in [0.15, 0.2) is 24.3 Å². The Morgan fingerprint density at radius 2 is 1.87 bits per heavy atom. The van der Waals surface area contributed by atoms with E-state index < -0.39 is 0 Å². The molecule has 0 radical (unpaired) electrons. The van der Waals surface area contributed by atoms with E-state index in [1.54, 1.807) is 11.3 Å². The summed E-state index contributed by atoms with van der Waals surface area (Å²) in [5, 5.41) is 9.77. The highest BCUT2D eigenvalue weighted by Gasteiger charge is 2.06. The standard InChI is InChI=1S/C12H10N2S/c1-8-12(14-9(2)15-8)11-5-3-10(7-13)4-6-11/h3-6H,1-2H3. The van der Waals surface area contributed by atoms with Gasteiger partial charge >= 0.3 is 0 Å². The normalized spacial score (nSPS) is 9.93. The Morgan fingerprint density at radius 1 is 1.20 bits per heavy atom. The van der Waals surface area contributed by atoms with E-state index >= 15 is 0 Å². The van der Waals surface area contributed by atoms with E-state index in [0.29, 0.717) is 5.56 Å². The lowest BCUT2D eigenvalue weighted by molar-refractivity contribution is 1.28. The zero-order valence-electron chi connectivity index (χ0n) is 8.61. The zero-order chi connectivity index (χ0) is 10.8. The third kappa shape index (κ3) is 1.90. The van der Waals surface area contributed by atoms with Crippen LogP contribution in [0.2, 0.25) is 0 Å². The molecule has 0 aliphatic carbocycles. The third-order valence-corrected chi connectivity index (χ3v) is 3.08. The fourth-order valence-corrected chi connectivity index (χ4v) is 2.34. The molecule has 0 fully saturated rings. The van der Waals surface area contributed by atoms with Crippen molar-refractivity contribution in [3.63, 3.8) is 0 Å². The van der Waals surface area contributed by atoms with E-state index in [9.17, 15) is 0 Å². The number of aryl methyl sites for hydroxylation is 2. The number of rotatable bonds is 1. The Hall–Kier alpha value is -1.66. The Bertz CT molecular complexity index is 518. The smallest absolute Gasteiger partial charge is 0.0991 e. The molecule has 0 saturated heterocycles. The molecule has 0 amide bonds. The first-order valence-corrected chi connectivity index (χ1v) is 5.47. The molecule has 0 N–H and O–H groups in total. The lowest BCUT2D eigenvalue weighted by Crippen LogP contribution is -1.81. The van der Waals surface area contributed by atoms with Gasteiger partial charge in [-0.15, -0.1) is 11.3 Å². The maximum Gasteiger partial charge on any atom is 0.0991 e. The predicted octanol–water partition coefficient (Wildman–Crippen LogP) is 3.30. The lowest BCUT2D eigenvalue weighted by Gasteiger charge is -1.97. The van der Waals surface area contributed by atoms with Gasteiger partial charge in [0.25, 0.3) is 0 Å². The molecule has 0 spiro atoms. The monoisotopic (exact) mass is 214 g/mol. The minimum Gasteiger partial charge on any atom is -0.241 e. The van der Waals surface area contributed by atoms with E-state index in [4.69, 9.17) is 5.26 Å². The maximum atomic E-state index is 8.69. The third-order valence-electron chi connectivity index (χ3n) is 2.19. The van der Waals surface area contributed by atoms with E-state index in [0.717, 1.165) is 16.3 Å². The molecule has 74 valence electrons. The largest absolute Gasteiger partial charge is 0.241 e. The van der Waals surface area contributed by atoms with E-state index in [-0.39, 0.29) is 0 Å². The summed E-state index contributed by atoms with van der Waals surface area (Å²) in [6, 6.07) is 9.64. The molecule has 0 aliphatic heterocycles. The van der Waals surface area contributed by atoms with E-state index in [1.807, 2.05) is 31.2 Å². The van der Waals surface area contributed by atoms with Gasteiger partial charge in [-0.2, -0.15) is 5.26 Å². The quantitative estimate of drug-likeness (QED) is 0.730. The number of thiazole rings is 1. The zero-order valence-corrected chi connectivity index (χ0v) is 9.43. The van der Waals surface area contributed by atoms with Crippen molar-refractivity contribution in [2.75, 3.05) is 0 Å². The average molecular weight is 214 g/mol. The highest BCUT2D eigenvalue weighted by atomic mass is 32.1. The van der Waals surface area contributed by atoms with Crippen molar-refractivity contribution in [1.29, 1.82) is 5.26 Å². The summed E-state index contributed by atoms with van der Waals surface area (Å²) in [5.41, 5.74) is 2.79. The van der Waals surface area contributed by atoms with Crippen molar-refractivity contribution in [3.8, 4) is 17.3 Å². The molecule has 1 aromatic heterocycles. The Labute approximate surface area is 92.8 Å². The summed E-state index contributed by atoms with van der Waals surface area (Å²) in [6.45, 7) is 4.07. The molecule has 0 unspecified atom stereocenters. The summed E-state index contributed by atoms with van der Waals surface area (Å²) >= 11 is 1.70. The SMILES string of the molecule is Cc1nc(-c2ccc(C#N)cc2)c(C)s1. The molecule has 15 heavy (non-hydrogen) atoms. The molecule has 0 atom stereocenters. The molecular weight excluding hydrogens is 204 g/mol. The predicted molar refractivity (Wildman–Crippen MR) is 61.7 cm³/mol. The van der Waals surface area contributed by atoms with Crippen molar-refractivity contribution in [2.45, 2.75) is 13.8 Å². The average Bonchev–Trinajstić information content (AvgIpc) is 2.58. The van der Waals surface area contributed by atoms with E-state index in [2.05, 4.69) is 18.0 Å². The molecule has 1 heterocycles. The fraction of sp³-hybridized carbons (Fsp3) is 0.167. The number of nitriles is 1. The molecule has 0 bridgehead atoms. The number of benzene rings is 1. The van der Waals surface area contributed by atoms with Gasteiger partial charge in [-0.25, -0.2) is 4.98 Å². The summed E-state index contributed by atoms with van der Waals surface area (Å²) in [7, 11) is 0. The van der Waals surface area contributed by atoms with Crippen molar-refractivity contribution >= 4 is 11.3 Å². The Morgan fingerprint density at radius 3 is 2.33 bits per heavy atom. The first-order chi connectivity index (χ1) is 7.20. The molecule has 0 aliphatic rings. The Balaban J connectivity index is 2.46. The molecule has 2 aromatic rings. The highest BCUT2D eigenvalue weighted by molar-refractivity contribution is 7.11. The van der Waals surface area contributed by atoms with Gasteiger partial charge in [0.1, 0.15) is 0 Å². The molecule has 2 rings (SSSR count). The molecule has 0 saturated carbocycles. The highest BCUT2D eigenvalue weighted by Crippen LogP contribution is 2.26. The maximum absolute atomic E-state index is 8.69. The van der Waals surface area contributed by atoms with Gasteiger partial charge in [0, 0.05) is 10.4 Å². The molecular formula is C12H10N2S. The minimum absolute atomic E-state index is 0.684. The Kier molecular flexibility index (Phi) is 2.53. The van der Waals surface area contributed by atoms with Gasteiger partial charge in [-0.3, -0.25) is 0 Å². The molecule has 2 nitrogen and oxygen atoms in total. The summed E-state index contributed by atoms with van der Waals surface area (Å²) in [6.07, 6.45) is 0. The van der Waals surface area contributed by atoms with Gasteiger partial charge in [-0.1, -0.05) is 12.1 Å². The van der Waals surface area contributed by atoms with Crippen LogP contribution in [0.1, 0.15) is 15.4 Å².